The molecular formula is C14H19NO2. The molecule has 17 heavy (non-hydrogen) atoms. The lowest BCUT2D eigenvalue weighted by Crippen LogP contribution is -2.19. The normalized spacial score (nSPS) is 19.6. The molecule has 0 aliphatic carbocycles. The van der Waals surface area contributed by atoms with Crippen molar-refractivity contribution in [2.24, 2.45) is 5.92 Å². The number of aliphatic carboxylic acids is 1. The molecule has 92 valence electrons. The van der Waals surface area contributed by atoms with Gasteiger partial charge in [-0.3, -0.25) is 4.79 Å². The molecule has 1 saturated heterocycles. The maximum atomic E-state index is 10.5. The van der Waals surface area contributed by atoms with Crippen molar-refractivity contribution in [2.75, 3.05) is 18.0 Å². The van der Waals surface area contributed by atoms with Crippen LogP contribution in [0.3, 0.4) is 0 Å². The second-order valence-electron chi connectivity index (χ2n) is 4.87. The summed E-state index contributed by atoms with van der Waals surface area (Å²) in [4.78, 5) is 12.9. The number of nitrogens with zero attached hydrogens (tertiary/aromatic N) is 1. The summed E-state index contributed by atoms with van der Waals surface area (Å²) < 4.78 is 0. The molecule has 1 aliphatic rings. The molecule has 0 amide bonds. The fraction of sp³-hybridized carbons (Fsp3) is 0.500. The van der Waals surface area contributed by atoms with E-state index in [9.17, 15) is 4.79 Å². The first kappa shape index (κ1) is 12.0. The van der Waals surface area contributed by atoms with Crippen LogP contribution in [0.15, 0.2) is 24.3 Å². The maximum Gasteiger partial charge on any atom is 0.303 e. The second-order valence-corrected chi connectivity index (χ2v) is 4.87. The van der Waals surface area contributed by atoms with Crippen LogP contribution in [0, 0.1) is 12.8 Å². The number of anilines is 1. The van der Waals surface area contributed by atoms with Gasteiger partial charge in [0.15, 0.2) is 0 Å². The van der Waals surface area contributed by atoms with Crippen LogP contribution in [0.5, 0.6) is 0 Å². The lowest BCUT2D eigenvalue weighted by Gasteiger charge is -2.19. The molecule has 0 spiro atoms. The molecule has 1 heterocycles. The van der Waals surface area contributed by atoms with Gasteiger partial charge in [-0.1, -0.05) is 12.1 Å². The van der Waals surface area contributed by atoms with Gasteiger partial charge in [0.05, 0.1) is 0 Å². The molecule has 1 aromatic carbocycles. The number of carboxylic acids is 1. The van der Waals surface area contributed by atoms with E-state index in [1.54, 1.807) is 0 Å². The molecule has 2 rings (SSSR count). The predicted octanol–water partition coefficient (Wildman–Crippen LogP) is 2.69. The van der Waals surface area contributed by atoms with Crippen LogP contribution in [0.4, 0.5) is 5.69 Å². The van der Waals surface area contributed by atoms with Crippen molar-refractivity contribution < 1.29 is 9.90 Å². The van der Waals surface area contributed by atoms with Gasteiger partial charge in [-0.05, 0) is 43.4 Å². The van der Waals surface area contributed by atoms with Gasteiger partial charge in [-0.25, -0.2) is 0 Å². The van der Waals surface area contributed by atoms with E-state index >= 15 is 0 Å². The lowest BCUT2D eigenvalue weighted by molar-refractivity contribution is -0.137. The molecule has 1 fully saturated rings. The average Bonchev–Trinajstić information content (AvgIpc) is 2.75. The fourth-order valence-electron chi connectivity index (χ4n) is 2.46. The Morgan fingerprint density at radius 3 is 3.06 bits per heavy atom. The smallest absolute Gasteiger partial charge is 0.303 e. The van der Waals surface area contributed by atoms with E-state index in [2.05, 4.69) is 36.1 Å². The van der Waals surface area contributed by atoms with Crippen LogP contribution >= 0.6 is 0 Å². The van der Waals surface area contributed by atoms with Crippen molar-refractivity contribution in [1.29, 1.82) is 0 Å². The highest BCUT2D eigenvalue weighted by molar-refractivity contribution is 5.66. The summed E-state index contributed by atoms with van der Waals surface area (Å²) in [6.07, 6.45) is 2.21. The lowest BCUT2D eigenvalue weighted by atomic mass is 10.0. The van der Waals surface area contributed by atoms with Crippen molar-refractivity contribution >= 4 is 11.7 Å². The van der Waals surface area contributed by atoms with Gasteiger partial charge in [-0.2, -0.15) is 0 Å². The second kappa shape index (κ2) is 5.21. The Kier molecular flexibility index (Phi) is 3.67. The van der Waals surface area contributed by atoms with Crippen molar-refractivity contribution in [2.45, 2.75) is 26.2 Å². The van der Waals surface area contributed by atoms with Crippen molar-refractivity contribution in [1.82, 2.24) is 0 Å². The monoisotopic (exact) mass is 233 g/mol. The number of benzene rings is 1. The number of carbonyl (C=O) groups is 1. The molecule has 0 aromatic heterocycles. The zero-order valence-corrected chi connectivity index (χ0v) is 10.2. The Morgan fingerprint density at radius 1 is 1.53 bits per heavy atom. The molecule has 1 unspecified atom stereocenters. The minimum atomic E-state index is -0.681. The number of rotatable bonds is 4. The van der Waals surface area contributed by atoms with Crippen LogP contribution in [-0.2, 0) is 4.79 Å². The molecule has 1 aromatic rings. The van der Waals surface area contributed by atoms with Gasteiger partial charge in [0.2, 0.25) is 0 Å². The van der Waals surface area contributed by atoms with E-state index < -0.39 is 5.97 Å². The van der Waals surface area contributed by atoms with Gasteiger partial charge >= 0.3 is 5.97 Å². The predicted molar refractivity (Wildman–Crippen MR) is 68.4 cm³/mol. The van der Waals surface area contributed by atoms with E-state index in [1.165, 1.54) is 11.3 Å². The Hall–Kier alpha value is -1.51. The average molecular weight is 233 g/mol. The minimum absolute atomic E-state index is 0.298. The zero-order valence-electron chi connectivity index (χ0n) is 10.2. The van der Waals surface area contributed by atoms with Crippen LogP contribution in [0.1, 0.15) is 24.8 Å². The summed E-state index contributed by atoms with van der Waals surface area (Å²) in [6, 6.07) is 8.50. The van der Waals surface area contributed by atoms with Crippen LogP contribution in [-0.4, -0.2) is 24.2 Å². The molecule has 3 nitrogen and oxygen atoms in total. The van der Waals surface area contributed by atoms with Gasteiger partial charge in [0.25, 0.3) is 0 Å². The summed E-state index contributed by atoms with van der Waals surface area (Å²) in [5, 5.41) is 8.68. The highest BCUT2D eigenvalue weighted by atomic mass is 16.4. The Bertz CT molecular complexity index is 403. The number of hydrogen-bond acceptors (Lipinski definition) is 2. The van der Waals surface area contributed by atoms with E-state index in [-0.39, 0.29) is 0 Å². The molecular weight excluding hydrogens is 214 g/mol. The first-order valence-electron chi connectivity index (χ1n) is 6.18. The Morgan fingerprint density at radius 2 is 2.35 bits per heavy atom. The van der Waals surface area contributed by atoms with Crippen molar-refractivity contribution in [3.8, 4) is 0 Å². The van der Waals surface area contributed by atoms with Crippen LogP contribution in [0.25, 0.3) is 0 Å². The van der Waals surface area contributed by atoms with Gasteiger partial charge < -0.3 is 10.0 Å². The SMILES string of the molecule is Cc1cccc(N2CCC(CCC(=O)O)C2)c1. The number of carboxylic acid groups (broad SMARTS) is 1. The summed E-state index contributed by atoms with van der Waals surface area (Å²) in [5.41, 5.74) is 2.54. The van der Waals surface area contributed by atoms with Crippen molar-refractivity contribution in [3.05, 3.63) is 29.8 Å². The number of hydrogen-bond donors (Lipinski definition) is 1. The Balaban J connectivity index is 1.91. The van der Waals surface area contributed by atoms with Gasteiger partial charge in [-0.15, -0.1) is 0 Å². The molecule has 3 heteroatoms. The summed E-state index contributed by atoms with van der Waals surface area (Å²) in [5.74, 6) is -0.148. The highest BCUT2D eigenvalue weighted by Gasteiger charge is 2.22. The molecule has 0 radical (unpaired) electrons. The molecule has 0 saturated carbocycles. The third kappa shape index (κ3) is 3.22. The first-order valence-corrected chi connectivity index (χ1v) is 6.18. The minimum Gasteiger partial charge on any atom is -0.481 e. The van der Waals surface area contributed by atoms with Gasteiger partial charge in [0, 0.05) is 25.2 Å². The van der Waals surface area contributed by atoms with Crippen LogP contribution in [0.2, 0.25) is 0 Å². The largest absolute Gasteiger partial charge is 0.481 e. The molecule has 0 bridgehead atoms. The summed E-state index contributed by atoms with van der Waals surface area (Å²) in [7, 11) is 0. The topological polar surface area (TPSA) is 40.5 Å². The standard InChI is InChI=1S/C14H19NO2/c1-11-3-2-4-13(9-11)15-8-7-12(10-15)5-6-14(16)17/h2-4,9,12H,5-8,10H2,1H3,(H,16,17). The van der Waals surface area contributed by atoms with E-state index in [4.69, 9.17) is 5.11 Å². The van der Waals surface area contributed by atoms with E-state index in [0.29, 0.717) is 12.3 Å². The van der Waals surface area contributed by atoms with E-state index in [1.807, 2.05) is 0 Å². The third-order valence-electron chi connectivity index (χ3n) is 3.42. The van der Waals surface area contributed by atoms with Gasteiger partial charge in [0.1, 0.15) is 0 Å². The van der Waals surface area contributed by atoms with E-state index in [0.717, 1.165) is 25.9 Å². The summed E-state index contributed by atoms with van der Waals surface area (Å²) >= 11 is 0. The molecule has 1 aliphatic heterocycles. The fourth-order valence-corrected chi connectivity index (χ4v) is 2.46. The molecule has 1 N–H and O–H groups in total. The third-order valence-corrected chi connectivity index (χ3v) is 3.42. The first-order chi connectivity index (χ1) is 8.15. The molecule has 1 atom stereocenters. The summed E-state index contributed by atoms with van der Waals surface area (Å²) in [6.45, 7) is 4.14. The Labute approximate surface area is 102 Å². The quantitative estimate of drug-likeness (QED) is 0.869. The zero-order chi connectivity index (χ0) is 12.3. The number of aryl methyl sites for hydroxylation is 1. The highest BCUT2D eigenvalue weighted by Crippen LogP contribution is 2.26. The van der Waals surface area contributed by atoms with Crippen molar-refractivity contribution in [3.63, 3.8) is 0 Å². The maximum absolute atomic E-state index is 10.5. The van der Waals surface area contributed by atoms with Crippen LogP contribution < -0.4 is 4.90 Å².